The van der Waals surface area contributed by atoms with Gasteiger partial charge in [-0.25, -0.2) is 19.3 Å². The minimum atomic E-state index is -0.776. The number of methoxy groups -OCH3 is 1. The Labute approximate surface area is 168 Å². The Balaban J connectivity index is 1.84. The van der Waals surface area contributed by atoms with Gasteiger partial charge in [0, 0.05) is 10.9 Å². The number of fused-ring (bicyclic) bond motifs is 2. The van der Waals surface area contributed by atoms with Crippen LogP contribution >= 0.6 is 0 Å². The molecule has 3 heterocycles. The highest BCUT2D eigenvalue weighted by atomic mass is 16.5. The molecule has 1 amide bonds. The topological polar surface area (TPSA) is 145 Å². The summed E-state index contributed by atoms with van der Waals surface area (Å²) in [7, 11) is 1.51. The molecule has 0 fully saturated rings. The third-order valence-corrected chi connectivity index (χ3v) is 4.79. The van der Waals surface area contributed by atoms with Gasteiger partial charge >= 0.3 is 5.69 Å². The van der Waals surface area contributed by atoms with E-state index in [0.717, 1.165) is 10.9 Å². The van der Waals surface area contributed by atoms with Crippen LogP contribution in [0.15, 0.2) is 53.5 Å². The standard InChI is InChI=1S/C20H15N7O3/c1-30-14-5-3-2-4-13(14)27-19-16(24-20(27)29)15(17(21)28)23-18(25-19)10-6-7-12-11(8-10)9-22-26-12/h2-9H,1H3,(H2,21,28)(H,22,26)(H,24,29). The number of carbonyl (C=O) groups excluding carboxylic acids is 1. The number of benzene rings is 2. The number of primary amides is 1. The molecule has 2 aromatic carbocycles. The molecular formula is C20H15N7O3. The quantitative estimate of drug-likeness (QED) is 0.418. The summed E-state index contributed by atoms with van der Waals surface area (Å²) in [6.45, 7) is 0. The lowest BCUT2D eigenvalue weighted by Gasteiger charge is -2.10. The molecule has 3 aromatic heterocycles. The van der Waals surface area contributed by atoms with Crippen LogP contribution in [-0.4, -0.2) is 42.7 Å². The first-order valence-electron chi connectivity index (χ1n) is 8.96. The van der Waals surface area contributed by atoms with Crippen molar-refractivity contribution >= 4 is 28.0 Å². The highest BCUT2D eigenvalue weighted by Crippen LogP contribution is 2.27. The first-order chi connectivity index (χ1) is 14.6. The molecule has 0 aliphatic rings. The predicted octanol–water partition coefficient (Wildman–Crippen LogP) is 1.76. The average molecular weight is 401 g/mol. The summed E-state index contributed by atoms with van der Waals surface area (Å²) in [4.78, 5) is 36.4. The Bertz CT molecular complexity index is 1500. The van der Waals surface area contributed by atoms with Crippen molar-refractivity contribution in [2.45, 2.75) is 0 Å². The molecule has 5 rings (SSSR count). The maximum atomic E-state index is 12.8. The number of nitrogens with two attached hydrogens (primary N) is 1. The van der Waals surface area contributed by atoms with Gasteiger partial charge in [-0.3, -0.25) is 9.89 Å². The van der Waals surface area contributed by atoms with Crippen molar-refractivity contribution in [3.63, 3.8) is 0 Å². The van der Waals surface area contributed by atoms with E-state index in [1.54, 1.807) is 36.5 Å². The molecule has 10 heteroatoms. The van der Waals surface area contributed by atoms with Crippen molar-refractivity contribution in [1.82, 2.24) is 29.7 Å². The van der Waals surface area contributed by atoms with Crippen LogP contribution < -0.4 is 16.2 Å². The summed E-state index contributed by atoms with van der Waals surface area (Å²) in [5.74, 6) is -0.0513. The highest BCUT2D eigenvalue weighted by molar-refractivity contribution is 6.02. The van der Waals surface area contributed by atoms with Crippen LogP contribution in [-0.2, 0) is 0 Å². The normalized spacial score (nSPS) is 11.2. The SMILES string of the molecule is COc1ccccc1-n1c(=O)[nH]c2c(C(N)=O)nc(-c3ccc4[nH]ncc4c3)nc21. The molecule has 0 saturated heterocycles. The van der Waals surface area contributed by atoms with Gasteiger partial charge in [0.05, 0.1) is 24.5 Å². The van der Waals surface area contributed by atoms with Crippen LogP contribution in [0.3, 0.4) is 0 Å². The van der Waals surface area contributed by atoms with Crippen molar-refractivity contribution in [3.05, 3.63) is 64.8 Å². The zero-order chi connectivity index (χ0) is 20.8. The number of aromatic nitrogens is 6. The number of hydrogen-bond donors (Lipinski definition) is 3. The number of para-hydroxylation sites is 2. The van der Waals surface area contributed by atoms with E-state index >= 15 is 0 Å². The van der Waals surface area contributed by atoms with Crippen LogP contribution in [0.5, 0.6) is 5.75 Å². The minimum absolute atomic E-state index is 0.0759. The third-order valence-electron chi connectivity index (χ3n) is 4.79. The number of hydrogen-bond acceptors (Lipinski definition) is 6. The number of imidazole rings is 1. The highest BCUT2D eigenvalue weighted by Gasteiger charge is 2.21. The second kappa shape index (κ2) is 6.55. The number of ether oxygens (including phenoxy) is 1. The minimum Gasteiger partial charge on any atom is -0.495 e. The van der Waals surface area contributed by atoms with Crippen LogP contribution in [0.25, 0.3) is 39.1 Å². The molecule has 30 heavy (non-hydrogen) atoms. The van der Waals surface area contributed by atoms with E-state index < -0.39 is 11.6 Å². The largest absolute Gasteiger partial charge is 0.495 e. The molecule has 0 bridgehead atoms. The van der Waals surface area contributed by atoms with Crippen LogP contribution in [0.1, 0.15) is 10.5 Å². The summed E-state index contributed by atoms with van der Waals surface area (Å²) in [6.07, 6.45) is 1.67. The Morgan fingerprint density at radius 1 is 1.17 bits per heavy atom. The van der Waals surface area contributed by atoms with E-state index in [0.29, 0.717) is 17.0 Å². The first-order valence-corrected chi connectivity index (χ1v) is 8.96. The molecule has 0 spiro atoms. The summed E-state index contributed by atoms with van der Waals surface area (Å²) in [5, 5.41) is 7.73. The molecule has 0 aliphatic heterocycles. The Kier molecular flexibility index (Phi) is 3.85. The van der Waals surface area contributed by atoms with Gasteiger partial charge in [-0.2, -0.15) is 5.10 Å². The van der Waals surface area contributed by atoms with Gasteiger partial charge in [-0.15, -0.1) is 0 Å². The van der Waals surface area contributed by atoms with Crippen LogP contribution in [0.2, 0.25) is 0 Å². The van der Waals surface area contributed by atoms with Crippen molar-refractivity contribution in [1.29, 1.82) is 0 Å². The molecule has 0 radical (unpaired) electrons. The maximum Gasteiger partial charge on any atom is 0.332 e. The second-order valence-corrected chi connectivity index (χ2v) is 6.57. The van der Waals surface area contributed by atoms with Gasteiger partial charge in [0.15, 0.2) is 17.2 Å². The van der Waals surface area contributed by atoms with Gasteiger partial charge < -0.3 is 15.5 Å². The lowest BCUT2D eigenvalue weighted by Crippen LogP contribution is -2.16. The van der Waals surface area contributed by atoms with Gasteiger partial charge in [-0.1, -0.05) is 12.1 Å². The lowest BCUT2D eigenvalue weighted by molar-refractivity contribution is 0.0997. The Hall–Kier alpha value is -4.47. The number of nitrogens with one attached hydrogen (secondary N) is 2. The van der Waals surface area contributed by atoms with Crippen molar-refractivity contribution in [2.75, 3.05) is 7.11 Å². The van der Waals surface area contributed by atoms with E-state index in [9.17, 15) is 9.59 Å². The van der Waals surface area contributed by atoms with E-state index in [1.165, 1.54) is 11.7 Å². The van der Waals surface area contributed by atoms with Crippen molar-refractivity contribution in [2.24, 2.45) is 5.73 Å². The number of H-pyrrole nitrogens is 2. The summed E-state index contributed by atoms with van der Waals surface area (Å²) >= 11 is 0. The average Bonchev–Trinajstić information content (AvgIpc) is 3.35. The molecule has 0 saturated carbocycles. The number of aromatic amines is 2. The molecular weight excluding hydrogens is 386 g/mol. The fourth-order valence-corrected chi connectivity index (χ4v) is 3.41. The van der Waals surface area contributed by atoms with Gasteiger partial charge in [0.1, 0.15) is 11.3 Å². The van der Waals surface area contributed by atoms with E-state index in [1.807, 2.05) is 12.1 Å². The van der Waals surface area contributed by atoms with Crippen LogP contribution in [0, 0.1) is 0 Å². The molecule has 4 N–H and O–H groups in total. The molecule has 10 nitrogen and oxygen atoms in total. The number of rotatable bonds is 4. The van der Waals surface area contributed by atoms with E-state index in [2.05, 4.69) is 25.1 Å². The molecule has 0 atom stereocenters. The zero-order valence-corrected chi connectivity index (χ0v) is 15.7. The summed E-state index contributed by atoms with van der Waals surface area (Å²) < 4.78 is 6.72. The second-order valence-electron chi connectivity index (χ2n) is 6.57. The maximum absolute atomic E-state index is 12.8. The van der Waals surface area contributed by atoms with Crippen molar-refractivity contribution in [3.8, 4) is 22.8 Å². The predicted molar refractivity (Wildman–Crippen MR) is 110 cm³/mol. The van der Waals surface area contributed by atoms with Crippen molar-refractivity contribution < 1.29 is 9.53 Å². The lowest BCUT2D eigenvalue weighted by atomic mass is 10.1. The Morgan fingerprint density at radius 3 is 2.80 bits per heavy atom. The van der Waals surface area contributed by atoms with Gasteiger partial charge in [0.25, 0.3) is 5.91 Å². The Morgan fingerprint density at radius 2 is 2.00 bits per heavy atom. The van der Waals surface area contributed by atoms with Crippen LogP contribution in [0.4, 0.5) is 0 Å². The molecule has 0 aliphatic carbocycles. The van der Waals surface area contributed by atoms with E-state index in [-0.39, 0.29) is 22.7 Å². The van der Waals surface area contributed by atoms with Gasteiger partial charge in [0.2, 0.25) is 0 Å². The molecule has 5 aromatic rings. The molecule has 0 unspecified atom stereocenters. The smallest absolute Gasteiger partial charge is 0.332 e. The monoisotopic (exact) mass is 401 g/mol. The molecule has 148 valence electrons. The number of nitrogens with zero attached hydrogens (tertiary/aromatic N) is 4. The number of amides is 1. The fraction of sp³-hybridized carbons (Fsp3) is 0.0500. The van der Waals surface area contributed by atoms with Gasteiger partial charge in [-0.05, 0) is 30.3 Å². The fourth-order valence-electron chi connectivity index (χ4n) is 3.41. The first kappa shape index (κ1) is 17.6. The summed E-state index contributed by atoms with van der Waals surface area (Å²) in [6, 6.07) is 12.5. The number of carbonyl (C=O) groups is 1. The zero-order valence-electron chi connectivity index (χ0n) is 15.7. The van der Waals surface area contributed by atoms with E-state index in [4.69, 9.17) is 10.5 Å². The summed E-state index contributed by atoms with van der Waals surface area (Å²) in [5.41, 5.74) is 7.33. The third kappa shape index (κ3) is 2.62.